The van der Waals surface area contributed by atoms with E-state index in [1.165, 1.54) is 0 Å². The number of aromatic nitrogens is 3. The molecule has 6 nitrogen and oxygen atoms in total. The van der Waals surface area contributed by atoms with Crippen LogP contribution in [0.15, 0.2) is 41.0 Å². The summed E-state index contributed by atoms with van der Waals surface area (Å²) >= 11 is 9.94. The van der Waals surface area contributed by atoms with E-state index in [9.17, 15) is 0 Å². The Morgan fingerprint density at radius 2 is 1.96 bits per heavy atom. The summed E-state index contributed by atoms with van der Waals surface area (Å²) in [6.45, 7) is 6.60. The van der Waals surface area contributed by atoms with E-state index in [1.807, 2.05) is 34.8 Å². The second kappa shape index (κ2) is 8.78. The van der Waals surface area contributed by atoms with Crippen LogP contribution in [-0.2, 0) is 0 Å². The normalized spacial score (nSPS) is 16.0. The summed E-state index contributed by atoms with van der Waals surface area (Å²) in [5.74, 6) is 0.920. The molecule has 3 aromatic rings. The highest BCUT2D eigenvalue weighted by Gasteiger charge is 2.14. The highest BCUT2D eigenvalue weighted by molar-refractivity contribution is 9.10. The maximum Gasteiger partial charge on any atom is 0.172 e. The van der Waals surface area contributed by atoms with Crippen LogP contribution in [0, 0.1) is 0 Å². The second-order valence-corrected chi connectivity index (χ2v) is 8.42. The molecule has 148 valence electrons. The van der Waals surface area contributed by atoms with Gasteiger partial charge in [0.25, 0.3) is 0 Å². The maximum atomic E-state index is 6.40. The van der Waals surface area contributed by atoms with Crippen LogP contribution in [0.2, 0.25) is 5.02 Å². The van der Waals surface area contributed by atoms with E-state index in [0.29, 0.717) is 5.02 Å². The van der Waals surface area contributed by atoms with Crippen LogP contribution in [0.3, 0.4) is 0 Å². The van der Waals surface area contributed by atoms with Crippen LogP contribution in [0.1, 0.15) is 6.42 Å². The number of benzene rings is 1. The monoisotopic (exact) mass is 462 g/mol. The van der Waals surface area contributed by atoms with Gasteiger partial charge in [-0.3, -0.25) is 0 Å². The molecule has 0 saturated carbocycles. The Bertz CT molecular complexity index is 951. The molecule has 0 aliphatic carbocycles. The topological polar surface area (TPSA) is 48.7 Å². The number of rotatable bonds is 6. The standard InChI is InChI=1S/C20H24BrClN6/c1-26-9-11-27(12-10-26)8-4-7-23-19-13-18(15-5-2-3-6-17(15)22)25-20-16(21)14-24-28(19)20/h2-3,5-6,13-14,23H,4,7-12H2,1H3. The van der Waals surface area contributed by atoms with Crippen molar-refractivity contribution < 1.29 is 0 Å². The van der Waals surface area contributed by atoms with Crippen molar-refractivity contribution in [2.75, 3.05) is 51.6 Å². The van der Waals surface area contributed by atoms with Crippen LogP contribution in [-0.4, -0.2) is 70.7 Å². The van der Waals surface area contributed by atoms with E-state index in [2.05, 4.69) is 43.2 Å². The highest BCUT2D eigenvalue weighted by atomic mass is 79.9. The van der Waals surface area contributed by atoms with Crippen LogP contribution >= 0.6 is 27.5 Å². The van der Waals surface area contributed by atoms with E-state index in [4.69, 9.17) is 16.6 Å². The molecular weight excluding hydrogens is 440 g/mol. The van der Waals surface area contributed by atoms with Crippen molar-refractivity contribution in [3.05, 3.63) is 46.0 Å². The first-order chi connectivity index (χ1) is 13.6. The van der Waals surface area contributed by atoms with Gasteiger partial charge in [-0.25, -0.2) is 4.98 Å². The van der Waals surface area contributed by atoms with E-state index in [-0.39, 0.29) is 0 Å². The van der Waals surface area contributed by atoms with Crippen molar-refractivity contribution in [2.24, 2.45) is 0 Å². The Kier molecular flexibility index (Phi) is 6.16. The molecule has 1 fully saturated rings. The Morgan fingerprint density at radius 3 is 2.75 bits per heavy atom. The molecule has 28 heavy (non-hydrogen) atoms. The minimum Gasteiger partial charge on any atom is -0.370 e. The Balaban J connectivity index is 1.49. The zero-order valence-electron chi connectivity index (χ0n) is 15.9. The van der Waals surface area contributed by atoms with Crippen molar-refractivity contribution >= 4 is 39.0 Å². The van der Waals surface area contributed by atoms with Crippen molar-refractivity contribution in [3.63, 3.8) is 0 Å². The number of anilines is 1. The van der Waals surface area contributed by atoms with Gasteiger partial charge < -0.3 is 15.1 Å². The third-order valence-electron chi connectivity index (χ3n) is 5.13. The molecular formula is C20H24BrClN6. The van der Waals surface area contributed by atoms with Gasteiger partial charge in [0, 0.05) is 49.4 Å². The van der Waals surface area contributed by atoms with Crippen LogP contribution in [0.5, 0.6) is 0 Å². The molecule has 1 aliphatic rings. The number of fused-ring (bicyclic) bond motifs is 1. The summed E-state index contributed by atoms with van der Waals surface area (Å²) in [7, 11) is 2.19. The maximum absolute atomic E-state index is 6.40. The van der Waals surface area contributed by atoms with Gasteiger partial charge in [-0.1, -0.05) is 29.8 Å². The molecule has 1 aliphatic heterocycles. The van der Waals surface area contributed by atoms with E-state index < -0.39 is 0 Å². The van der Waals surface area contributed by atoms with Crippen molar-refractivity contribution in [3.8, 4) is 11.3 Å². The van der Waals surface area contributed by atoms with Gasteiger partial charge in [0.05, 0.1) is 16.4 Å². The molecule has 3 heterocycles. The average Bonchev–Trinajstić information content (AvgIpc) is 3.08. The SMILES string of the molecule is CN1CCN(CCCNc2cc(-c3ccccc3Cl)nc3c(Br)cnn23)CC1. The lowest BCUT2D eigenvalue weighted by Gasteiger charge is -2.32. The Hall–Kier alpha value is -1.67. The molecule has 8 heteroatoms. The summed E-state index contributed by atoms with van der Waals surface area (Å²) < 4.78 is 2.70. The molecule has 0 spiro atoms. The number of nitrogens with one attached hydrogen (secondary N) is 1. The summed E-state index contributed by atoms with van der Waals surface area (Å²) in [5, 5.41) is 8.68. The van der Waals surface area contributed by atoms with Gasteiger partial charge in [-0.05, 0) is 42.0 Å². The molecule has 1 N–H and O–H groups in total. The smallest absolute Gasteiger partial charge is 0.172 e. The third kappa shape index (κ3) is 4.33. The first-order valence-corrected chi connectivity index (χ1v) is 10.7. The van der Waals surface area contributed by atoms with Gasteiger partial charge in [0.1, 0.15) is 5.82 Å². The van der Waals surface area contributed by atoms with Gasteiger partial charge >= 0.3 is 0 Å². The van der Waals surface area contributed by atoms with Crippen LogP contribution in [0.25, 0.3) is 16.9 Å². The summed E-state index contributed by atoms with van der Waals surface area (Å²) in [5.41, 5.74) is 2.53. The lowest BCUT2D eigenvalue weighted by Crippen LogP contribution is -2.44. The fourth-order valence-corrected chi connectivity index (χ4v) is 4.04. The molecule has 1 aromatic carbocycles. The minimum absolute atomic E-state index is 0.691. The number of piperazine rings is 1. The van der Waals surface area contributed by atoms with Crippen LogP contribution in [0.4, 0.5) is 5.82 Å². The minimum atomic E-state index is 0.691. The third-order valence-corrected chi connectivity index (χ3v) is 6.02. The zero-order chi connectivity index (χ0) is 19.5. The summed E-state index contributed by atoms with van der Waals surface area (Å²) in [6.07, 6.45) is 2.85. The van der Waals surface area contributed by atoms with Gasteiger partial charge in [0.15, 0.2) is 5.65 Å². The predicted octanol–water partition coefficient (Wildman–Crippen LogP) is 3.86. The molecule has 0 bridgehead atoms. The van der Waals surface area contributed by atoms with Crippen molar-refractivity contribution in [2.45, 2.75) is 6.42 Å². The lowest BCUT2D eigenvalue weighted by atomic mass is 10.1. The summed E-state index contributed by atoms with van der Waals surface area (Å²) in [4.78, 5) is 9.67. The molecule has 0 radical (unpaired) electrons. The first-order valence-electron chi connectivity index (χ1n) is 9.56. The average molecular weight is 464 g/mol. The molecule has 2 aromatic heterocycles. The van der Waals surface area contributed by atoms with Crippen molar-refractivity contribution in [1.29, 1.82) is 0 Å². The molecule has 4 rings (SSSR count). The van der Waals surface area contributed by atoms with Crippen molar-refractivity contribution in [1.82, 2.24) is 24.4 Å². The number of likely N-dealkylation sites (N-methyl/N-ethyl adjacent to an activating group) is 1. The fraction of sp³-hybridized carbons (Fsp3) is 0.400. The quantitative estimate of drug-likeness (QED) is 0.563. The Morgan fingerprint density at radius 1 is 1.18 bits per heavy atom. The Labute approximate surface area is 178 Å². The largest absolute Gasteiger partial charge is 0.370 e. The molecule has 0 unspecified atom stereocenters. The number of nitrogens with zero attached hydrogens (tertiary/aromatic N) is 5. The highest BCUT2D eigenvalue weighted by Crippen LogP contribution is 2.30. The van der Waals surface area contributed by atoms with Gasteiger partial charge in [-0.2, -0.15) is 9.61 Å². The van der Waals surface area contributed by atoms with E-state index in [1.54, 1.807) is 6.20 Å². The number of hydrogen-bond acceptors (Lipinski definition) is 5. The molecule has 0 amide bonds. The lowest BCUT2D eigenvalue weighted by molar-refractivity contribution is 0.154. The van der Waals surface area contributed by atoms with E-state index in [0.717, 1.165) is 72.9 Å². The molecule has 1 saturated heterocycles. The van der Waals surface area contributed by atoms with Crippen LogP contribution < -0.4 is 5.32 Å². The predicted molar refractivity (Wildman–Crippen MR) is 118 cm³/mol. The van der Waals surface area contributed by atoms with E-state index >= 15 is 0 Å². The summed E-state index contributed by atoms with van der Waals surface area (Å²) in [6, 6.07) is 9.79. The number of halogens is 2. The van der Waals surface area contributed by atoms with Gasteiger partial charge in [0.2, 0.25) is 0 Å². The second-order valence-electron chi connectivity index (χ2n) is 7.16. The number of hydrogen-bond donors (Lipinski definition) is 1. The zero-order valence-corrected chi connectivity index (χ0v) is 18.2. The van der Waals surface area contributed by atoms with Gasteiger partial charge in [-0.15, -0.1) is 0 Å². The fourth-order valence-electron chi connectivity index (χ4n) is 3.46. The molecule has 0 atom stereocenters. The first kappa shape index (κ1) is 19.6.